The molecule has 0 saturated heterocycles. The lowest BCUT2D eigenvalue weighted by atomic mass is 10.1. The van der Waals surface area contributed by atoms with Gasteiger partial charge in [0.2, 0.25) is 10.9 Å². The monoisotopic (exact) mass is 314 g/mol. The summed E-state index contributed by atoms with van der Waals surface area (Å²) in [5.41, 5.74) is 3.29. The van der Waals surface area contributed by atoms with Gasteiger partial charge in [-0.15, -0.1) is 16.4 Å². The Morgan fingerprint density at radius 3 is 3.05 bits per heavy atom. The summed E-state index contributed by atoms with van der Waals surface area (Å²) < 4.78 is 1.88. The predicted octanol–water partition coefficient (Wildman–Crippen LogP) is 2.83. The van der Waals surface area contributed by atoms with Gasteiger partial charge in [0.25, 0.3) is 0 Å². The summed E-state index contributed by atoms with van der Waals surface area (Å²) in [4.78, 5) is 16.8. The number of aryl methyl sites for hydroxylation is 1. The van der Waals surface area contributed by atoms with Crippen LogP contribution in [-0.2, 0) is 11.2 Å². The Morgan fingerprint density at radius 1 is 1.41 bits per heavy atom. The number of rotatable bonds is 5. The second kappa shape index (κ2) is 6.27. The van der Waals surface area contributed by atoms with Gasteiger partial charge >= 0.3 is 0 Å². The molecule has 0 saturated carbocycles. The molecule has 0 aliphatic carbocycles. The third-order valence-corrected chi connectivity index (χ3v) is 4.32. The molecule has 1 N–H and O–H groups in total. The number of nitrogens with one attached hydrogen (secondary N) is 1. The number of carbonyl (C=O) groups excluding carboxylic acids is 1. The molecule has 5 nitrogen and oxygen atoms in total. The Balaban J connectivity index is 1.81. The van der Waals surface area contributed by atoms with E-state index in [-0.39, 0.29) is 5.91 Å². The Kier molecular flexibility index (Phi) is 4.20. The van der Waals surface area contributed by atoms with Gasteiger partial charge in [-0.2, -0.15) is 4.98 Å². The van der Waals surface area contributed by atoms with Crippen LogP contribution in [0.5, 0.6) is 0 Å². The first kappa shape index (κ1) is 14.7. The number of thiazole rings is 1. The summed E-state index contributed by atoms with van der Waals surface area (Å²) in [5.74, 6) is 0.819. The predicted molar refractivity (Wildman–Crippen MR) is 88.0 cm³/mol. The summed E-state index contributed by atoms with van der Waals surface area (Å²) in [6.07, 6.45) is 1.27. The number of aromatic nitrogens is 3. The van der Waals surface area contributed by atoms with Gasteiger partial charge in [0.1, 0.15) is 0 Å². The zero-order chi connectivity index (χ0) is 15.5. The van der Waals surface area contributed by atoms with Gasteiger partial charge in [0, 0.05) is 30.3 Å². The highest BCUT2D eigenvalue weighted by Crippen LogP contribution is 2.21. The third kappa shape index (κ3) is 3.01. The number of nitrogens with zero attached hydrogens (tertiary/aromatic N) is 3. The van der Waals surface area contributed by atoms with Gasteiger partial charge in [-0.05, 0) is 13.0 Å². The van der Waals surface area contributed by atoms with E-state index < -0.39 is 0 Å². The maximum atomic E-state index is 11.3. The normalized spacial score (nSPS) is 11.0. The maximum absolute atomic E-state index is 11.3. The number of hydrogen-bond donors (Lipinski definition) is 1. The molecular formula is C16H18N4OS. The molecule has 3 rings (SSSR count). The van der Waals surface area contributed by atoms with Crippen LogP contribution in [0.4, 0.5) is 0 Å². The van der Waals surface area contributed by atoms with Gasteiger partial charge in [-0.1, -0.05) is 30.7 Å². The smallest absolute Gasteiger partial charge is 0.219 e. The van der Waals surface area contributed by atoms with E-state index >= 15 is 0 Å². The van der Waals surface area contributed by atoms with E-state index in [9.17, 15) is 4.79 Å². The van der Waals surface area contributed by atoms with E-state index in [1.807, 2.05) is 29.0 Å². The van der Waals surface area contributed by atoms with Gasteiger partial charge in [-0.25, -0.2) is 4.52 Å². The lowest BCUT2D eigenvalue weighted by molar-refractivity contribution is -0.120. The minimum atomic E-state index is 0.0745. The van der Waals surface area contributed by atoms with Crippen LogP contribution in [0.25, 0.3) is 16.3 Å². The van der Waals surface area contributed by atoms with Gasteiger partial charge in [-0.3, -0.25) is 4.79 Å². The molecule has 2 heterocycles. The second-order valence-corrected chi connectivity index (χ2v) is 6.02. The van der Waals surface area contributed by atoms with Crippen LogP contribution in [0.15, 0.2) is 29.6 Å². The van der Waals surface area contributed by atoms with E-state index in [1.54, 1.807) is 11.3 Å². The fraction of sp³-hybridized carbons (Fsp3) is 0.312. The quantitative estimate of drug-likeness (QED) is 0.788. The van der Waals surface area contributed by atoms with Crippen molar-refractivity contribution in [3.63, 3.8) is 0 Å². The fourth-order valence-electron chi connectivity index (χ4n) is 2.26. The van der Waals surface area contributed by atoms with Crippen LogP contribution in [0, 0.1) is 6.92 Å². The molecule has 0 aliphatic heterocycles. The summed E-state index contributed by atoms with van der Waals surface area (Å²) in [7, 11) is 0. The molecule has 6 heteroatoms. The first-order chi connectivity index (χ1) is 10.7. The molecule has 0 unspecified atom stereocenters. The highest BCUT2D eigenvalue weighted by atomic mass is 32.1. The molecule has 2 aromatic heterocycles. The molecule has 3 aromatic rings. The van der Waals surface area contributed by atoms with E-state index in [0.29, 0.717) is 13.0 Å². The van der Waals surface area contributed by atoms with Crippen LogP contribution in [0.3, 0.4) is 0 Å². The average Bonchev–Trinajstić information content (AvgIpc) is 3.08. The molecule has 0 bridgehead atoms. The van der Waals surface area contributed by atoms with Gasteiger partial charge < -0.3 is 5.32 Å². The van der Waals surface area contributed by atoms with E-state index in [2.05, 4.69) is 34.5 Å². The zero-order valence-electron chi connectivity index (χ0n) is 12.7. The standard InChI is InChI=1S/C16H18N4OS/c1-3-14(21)17-8-7-13-10-22-16-18-15(19-20(13)16)12-6-4-5-11(2)9-12/h4-6,9-10H,3,7-8H2,1-2H3,(H,17,21). The summed E-state index contributed by atoms with van der Waals surface area (Å²) in [6.45, 7) is 4.53. The largest absolute Gasteiger partial charge is 0.356 e. The Morgan fingerprint density at radius 2 is 2.27 bits per heavy atom. The minimum absolute atomic E-state index is 0.0745. The molecule has 1 aromatic carbocycles. The molecule has 1 amide bonds. The topological polar surface area (TPSA) is 59.3 Å². The van der Waals surface area contributed by atoms with Crippen molar-refractivity contribution < 1.29 is 4.79 Å². The lowest BCUT2D eigenvalue weighted by Crippen LogP contribution is -2.24. The van der Waals surface area contributed by atoms with Crippen LogP contribution < -0.4 is 5.32 Å². The number of carbonyl (C=O) groups is 1. The van der Waals surface area contributed by atoms with Gasteiger partial charge in [0.15, 0.2) is 5.82 Å². The van der Waals surface area contributed by atoms with E-state index in [4.69, 9.17) is 0 Å². The highest BCUT2D eigenvalue weighted by Gasteiger charge is 2.11. The molecule has 114 valence electrons. The maximum Gasteiger partial charge on any atom is 0.219 e. The number of benzene rings is 1. The first-order valence-corrected chi connectivity index (χ1v) is 8.22. The molecule has 0 spiro atoms. The zero-order valence-corrected chi connectivity index (χ0v) is 13.5. The van der Waals surface area contributed by atoms with Crippen molar-refractivity contribution in [3.8, 4) is 11.4 Å². The van der Waals surface area contributed by atoms with Crippen LogP contribution in [0.1, 0.15) is 24.6 Å². The van der Waals surface area contributed by atoms with E-state index in [0.717, 1.165) is 28.5 Å². The molecule has 0 radical (unpaired) electrons. The Bertz CT molecular complexity index is 805. The summed E-state index contributed by atoms with van der Waals surface area (Å²) >= 11 is 1.57. The van der Waals surface area contributed by atoms with Crippen molar-refractivity contribution in [2.75, 3.05) is 6.54 Å². The number of amides is 1. The number of fused-ring (bicyclic) bond motifs is 1. The van der Waals surface area contributed by atoms with Crippen molar-refractivity contribution in [3.05, 3.63) is 40.9 Å². The van der Waals surface area contributed by atoms with Crippen molar-refractivity contribution in [1.82, 2.24) is 19.9 Å². The first-order valence-electron chi connectivity index (χ1n) is 7.34. The van der Waals surface area contributed by atoms with Crippen molar-refractivity contribution >= 4 is 22.2 Å². The third-order valence-electron chi connectivity index (χ3n) is 3.45. The molecule has 22 heavy (non-hydrogen) atoms. The second-order valence-electron chi connectivity index (χ2n) is 5.18. The fourth-order valence-corrected chi connectivity index (χ4v) is 3.11. The molecule has 0 aliphatic rings. The number of hydrogen-bond acceptors (Lipinski definition) is 4. The van der Waals surface area contributed by atoms with Crippen molar-refractivity contribution in [2.24, 2.45) is 0 Å². The van der Waals surface area contributed by atoms with E-state index in [1.165, 1.54) is 5.56 Å². The summed E-state index contributed by atoms with van der Waals surface area (Å²) in [5, 5.41) is 9.54. The molecule has 0 atom stereocenters. The highest BCUT2D eigenvalue weighted by molar-refractivity contribution is 7.15. The van der Waals surface area contributed by atoms with Crippen molar-refractivity contribution in [1.29, 1.82) is 0 Å². The summed E-state index contributed by atoms with van der Waals surface area (Å²) in [6, 6.07) is 8.18. The molecular weight excluding hydrogens is 296 g/mol. The lowest BCUT2D eigenvalue weighted by Gasteiger charge is -2.02. The van der Waals surface area contributed by atoms with Gasteiger partial charge in [0.05, 0.1) is 5.69 Å². The molecule has 0 fully saturated rings. The Labute approximate surface area is 133 Å². The van der Waals surface area contributed by atoms with Crippen LogP contribution in [0.2, 0.25) is 0 Å². The SMILES string of the molecule is CCC(=O)NCCc1csc2nc(-c3cccc(C)c3)nn12. The van der Waals surface area contributed by atoms with Crippen LogP contribution >= 0.6 is 11.3 Å². The Hall–Kier alpha value is -2.21. The minimum Gasteiger partial charge on any atom is -0.356 e. The average molecular weight is 314 g/mol. The van der Waals surface area contributed by atoms with Crippen molar-refractivity contribution in [2.45, 2.75) is 26.7 Å². The van der Waals surface area contributed by atoms with Crippen LogP contribution in [-0.4, -0.2) is 27.0 Å².